The van der Waals surface area contributed by atoms with Crippen molar-refractivity contribution in [2.45, 2.75) is 287 Å². The number of rotatable bonds is 11. The minimum absolute atomic E-state index is 0.255. The lowest BCUT2D eigenvalue weighted by Gasteiger charge is -2.27. The van der Waals surface area contributed by atoms with Crippen molar-refractivity contribution in [3.63, 3.8) is 0 Å². The van der Waals surface area contributed by atoms with Crippen LogP contribution in [-0.4, -0.2) is 40.7 Å². The van der Waals surface area contributed by atoms with Gasteiger partial charge in [-0.1, -0.05) is 162 Å². The van der Waals surface area contributed by atoms with Gasteiger partial charge in [0, 0.05) is 36.2 Å². The molecule has 0 aromatic carbocycles. The second kappa shape index (κ2) is 46.5. The summed E-state index contributed by atoms with van der Waals surface area (Å²) in [6.07, 6.45) is 37.2. The molecule has 3 saturated carbocycles. The van der Waals surface area contributed by atoms with Crippen LogP contribution in [0.15, 0.2) is 11.6 Å². The quantitative estimate of drug-likeness (QED) is 0.122. The number of halogens is 1. The predicted molar refractivity (Wildman–Crippen MR) is 261 cm³/mol. The van der Waals surface area contributed by atoms with Gasteiger partial charge in [0.1, 0.15) is 11.6 Å². The lowest BCUT2D eigenvalue weighted by atomic mass is 9.82. The number of ether oxygens (including phenoxy) is 1. The molecule has 0 radical (unpaired) electrons. The molecule has 6 unspecified atom stereocenters. The summed E-state index contributed by atoms with van der Waals surface area (Å²) in [4.78, 5) is 21.0. The van der Waals surface area contributed by atoms with E-state index in [2.05, 4.69) is 63.5 Å². The van der Waals surface area contributed by atoms with Crippen molar-refractivity contribution in [1.29, 1.82) is 0 Å². The summed E-state index contributed by atoms with van der Waals surface area (Å²) in [5, 5.41) is 1.13. The van der Waals surface area contributed by atoms with Gasteiger partial charge in [-0.3, -0.25) is 4.79 Å². The number of allylic oxidation sites excluding steroid dienone is 2. The molecule has 6 atom stereocenters. The van der Waals surface area contributed by atoms with Crippen molar-refractivity contribution >= 4 is 27.5 Å². The highest BCUT2D eigenvalue weighted by molar-refractivity contribution is 9.09. The zero-order chi connectivity index (χ0) is 44.3. The van der Waals surface area contributed by atoms with E-state index in [4.69, 9.17) is 16.2 Å². The zero-order valence-corrected chi connectivity index (χ0v) is 42.6. The first-order valence-electron chi connectivity index (χ1n) is 24.9. The Labute approximate surface area is 367 Å². The van der Waals surface area contributed by atoms with E-state index in [1.165, 1.54) is 128 Å². The van der Waals surface area contributed by atoms with Crippen LogP contribution in [0.1, 0.15) is 263 Å². The minimum Gasteiger partial charge on any atom is -0.366 e. The van der Waals surface area contributed by atoms with Crippen LogP contribution in [0.3, 0.4) is 0 Å². The van der Waals surface area contributed by atoms with Crippen molar-refractivity contribution in [3.8, 4) is 0 Å². The largest absolute Gasteiger partial charge is 0.366 e. The fourth-order valence-electron chi connectivity index (χ4n) is 7.44. The maximum Gasteiger partial charge on any atom is 0.135 e. The molecule has 5 aliphatic rings. The Balaban J connectivity index is -0.000000290. The van der Waals surface area contributed by atoms with E-state index >= 15 is 0 Å². The van der Waals surface area contributed by atoms with Crippen LogP contribution in [0.4, 0.5) is 0 Å². The van der Waals surface area contributed by atoms with E-state index < -0.39 is 0 Å². The molecule has 5 rings (SSSR count). The van der Waals surface area contributed by atoms with Crippen LogP contribution < -0.4 is 11.5 Å². The van der Waals surface area contributed by atoms with Gasteiger partial charge >= 0.3 is 0 Å². The molecule has 5 nitrogen and oxygen atoms in total. The Morgan fingerprint density at radius 1 is 0.789 bits per heavy atom. The zero-order valence-electron chi connectivity index (χ0n) is 41.0. The highest BCUT2D eigenvalue weighted by Gasteiger charge is 2.55. The molecule has 4 fully saturated rings. The summed E-state index contributed by atoms with van der Waals surface area (Å²) in [7, 11) is 0. The summed E-state index contributed by atoms with van der Waals surface area (Å²) < 4.78 is 5.71. The van der Waals surface area contributed by atoms with Crippen molar-refractivity contribution in [2.75, 3.05) is 5.33 Å². The van der Waals surface area contributed by atoms with Gasteiger partial charge in [-0.25, -0.2) is 0 Å². The van der Waals surface area contributed by atoms with E-state index in [9.17, 15) is 9.59 Å². The predicted octanol–water partition coefficient (Wildman–Crippen LogP) is 16.2. The normalized spacial score (nSPS) is 24.4. The number of hydrogen-bond acceptors (Lipinski definition) is 5. The number of carbonyl (C=O) groups is 2. The number of nitrogens with two attached hydrogens (primary N) is 2. The van der Waals surface area contributed by atoms with Gasteiger partial charge in [0.15, 0.2) is 0 Å². The molecule has 1 aliphatic heterocycles. The average Bonchev–Trinajstić information content (AvgIpc) is 3.97. The fraction of sp³-hybridized carbons (Fsp3) is 0.922. The number of ketones is 2. The number of hydrogen-bond donors (Lipinski definition) is 2. The first kappa shape index (κ1) is 63.1. The summed E-state index contributed by atoms with van der Waals surface area (Å²) >= 11 is 3.25. The van der Waals surface area contributed by atoms with Gasteiger partial charge in [-0.2, -0.15) is 0 Å². The number of epoxide rings is 1. The third-order valence-electron chi connectivity index (χ3n) is 11.1. The third-order valence-corrected chi connectivity index (χ3v) is 11.9. The number of carbonyl (C=O) groups excluding carboxylic acids is 2. The summed E-state index contributed by atoms with van der Waals surface area (Å²) in [5.74, 6) is 2.05. The van der Waals surface area contributed by atoms with E-state index in [1.807, 2.05) is 41.5 Å². The second-order valence-corrected chi connectivity index (χ2v) is 17.1. The highest BCUT2D eigenvalue weighted by atomic mass is 79.9. The van der Waals surface area contributed by atoms with Crippen molar-refractivity contribution in [3.05, 3.63) is 11.6 Å². The monoisotopic (exact) mass is 873 g/mol. The van der Waals surface area contributed by atoms with Crippen molar-refractivity contribution in [2.24, 2.45) is 23.3 Å². The first-order chi connectivity index (χ1) is 27.4. The molecule has 0 bridgehead atoms. The van der Waals surface area contributed by atoms with Crippen LogP contribution in [0.5, 0.6) is 0 Å². The maximum atomic E-state index is 11.2. The Kier molecular flexibility index (Phi) is 51.5. The lowest BCUT2D eigenvalue weighted by Crippen LogP contribution is -2.32. The van der Waals surface area contributed by atoms with Crippen LogP contribution in [0.2, 0.25) is 0 Å². The molecular formula is C51H105BrN2O3. The third kappa shape index (κ3) is 38.1. The minimum atomic E-state index is 0.255. The Bertz CT molecular complexity index is 867. The van der Waals surface area contributed by atoms with E-state index in [0.29, 0.717) is 41.9 Å². The molecule has 6 heteroatoms. The van der Waals surface area contributed by atoms with E-state index in [-0.39, 0.29) is 5.78 Å². The number of fused-ring (bicyclic) bond motifs is 1. The average molecular weight is 874 g/mol. The Morgan fingerprint density at radius 3 is 1.75 bits per heavy atom. The fourth-order valence-corrected chi connectivity index (χ4v) is 7.44. The van der Waals surface area contributed by atoms with Crippen molar-refractivity contribution < 1.29 is 14.3 Å². The summed E-state index contributed by atoms with van der Waals surface area (Å²) in [5.41, 5.74) is 13.4. The Hall–Kier alpha value is -0.560. The smallest absolute Gasteiger partial charge is 0.135 e. The molecule has 4 aliphatic carbocycles. The summed E-state index contributed by atoms with van der Waals surface area (Å²) in [6.45, 7) is 26.6. The molecule has 344 valence electrons. The van der Waals surface area contributed by atoms with Crippen LogP contribution in [-0.2, 0) is 14.3 Å². The highest BCUT2D eigenvalue weighted by Crippen LogP contribution is 2.50. The van der Waals surface area contributed by atoms with Crippen molar-refractivity contribution in [1.82, 2.24) is 0 Å². The van der Waals surface area contributed by atoms with Gasteiger partial charge < -0.3 is 21.0 Å². The van der Waals surface area contributed by atoms with Gasteiger partial charge in [0.25, 0.3) is 0 Å². The van der Waals surface area contributed by atoms with Gasteiger partial charge in [-0.15, -0.1) is 0 Å². The number of alkyl halides is 1. The molecule has 4 N–H and O–H groups in total. The summed E-state index contributed by atoms with van der Waals surface area (Å²) in [6, 6.07) is 0.906. The standard InChI is InChI=1S/C9H19N.2C9H16O.C9H16.C4H11N.C4H8O.C3H7Br.2C2H6/c1-2-5-8-6-3-4-7-9(8)10;1-2-6-9-7-4-3-5-8(9)10-9;1-2-5-8-6-3-4-7-9(8)10;1-2-6-9-7-4-3-5-8-9;2*1-3-4(2)5;1-2-3-4;2*1-2/h8-9H,2-7,10H2,1H3;2*8H,2-7H2,1H3;7H,2-6,8H2,1H3;4H,3,5H2,1-2H3;3H2,1-2H3;2-3H2,1H3;2*1-2H3. The molecule has 0 aromatic rings. The van der Waals surface area contributed by atoms with Crippen LogP contribution >= 0.6 is 15.9 Å². The lowest BCUT2D eigenvalue weighted by molar-refractivity contribution is -0.124. The van der Waals surface area contributed by atoms with E-state index in [0.717, 1.165) is 49.8 Å². The van der Waals surface area contributed by atoms with Crippen LogP contribution in [0.25, 0.3) is 0 Å². The first-order valence-corrected chi connectivity index (χ1v) is 26.0. The van der Waals surface area contributed by atoms with Gasteiger partial charge in [-0.05, 0) is 122 Å². The second-order valence-electron chi connectivity index (χ2n) is 16.4. The van der Waals surface area contributed by atoms with Gasteiger partial charge in [0.05, 0.1) is 11.7 Å². The maximum absolute atomic E-state index is 11.2. The molecule has 0 amide bonds. The molecule has 0 spiro atoms. The SMILES string of the molecule is CC.CC.CCC(C)=O.CCC(C)N.CCCBr.CCCC12CCCCC1O2.CCCC1=CCCCC1.CCCC1CCCCC1=O.CCCC1CCCCC1N. The van der Waals surface area contributed by atoms with Crippen LogP contribution in [0, 0.1) is 11.8 Å². The molecular weight excluding hydrogens is 768 g/mol. The molecule has 1 heterocycles. The van der Waals surface area contributed by atoms with Gasteiger partial charge in [0.2, 0.25) is 0 Å². The molecule has 0 aromatic heterocycles. The Morgan fingerprint density at radius 2 is 1.33 bits per heavy atom. The van der Waals surface area contributed by atoms with E-state index in [1.54, 1.807) is 12.5 Å². The molecule has 57 heavy (non-hydrogen) atoms. The topological polar surface area (TPSA) is 98.7 Å². The molecule has 1 saturated heterocycles. The number of Topliss-reactive ketones (excluding diaryl/α,β-unsaturated/α-hetero) is 2.